The number of anilines is 1. The van der Waals surface area contributed by atoms with Gasteiger partial charge in [0, 0.05) is 0 Å². The maximum atomic E-state index is 11.8. The summed E-state index contributed by atoms with van der Waals surface area (Å²) in [6.45, 7) is 3.08. The number of carbonyl (C=O) groups is 2. The Morgan fingerprint density at radius 2 is 2.11 bits per heavy atom. The van der Waals surface area contributed by atoms with Crippen LogP contribution in [0, 0.1) is 0 Å². The summed E-state index contributed by atoms with van der Waals surface area (Å²) < 4.78 is 0. The van der Waals surface area contributed by atoms with Gasteiger partial charge in [-0.25, -0.2) is 4.79 Å². The molecule has 1 aromatic rings. The number of likely N-dealkylation sites (N-methyl/N-ethyl adjacent to an activating group) is 1. The van der Waals surface area contributed by atoms with Gasteiger partial charge in [-0.1, -0.05) is 18.5 Å². The van der Waals surface area contributed by atoms with Gasteiger partial charge in [0.25, 0.3) is 0 Å². The number of carboxylic acids is 1. The van der Waals surface area contributed by atoms with Crippen molar-refractivity contribution in [2.75, 3.05) is 25.5 Å². The zero-order valence-electron chi connectivity index (χ0n) is 10.9. The molecule has 0 aromatic heterocycles. The third-order valence-electron chi connectivity index (χ3n) is 2.51. The minimum absolute atomic E-state index is 0.0848. The van der Waals surface area contributed by atoms with Crippen molar-refractivity contribution in [1.29, 1.82) is 0 Å². The van der Waals surface area contributed by atoms with E-state index in [1.54, 1.807) is 0 Å². The molecule has 1 rings (SSSR count). The van der Waals surface area contributed by atoms with Gasteiger partial charge in [-0.2, -0.15) is 0 Å². The first-order valence-electron chi connectivity index (χ1n) is 5.95. The Morgan fingerprint density at radius 3 is 2.68 bits per heavy atom. The molecule has 0 atom stereocenters. The standard InChI is InChI=1S/C13H17ClN2O3/c1-3-6-16(2)8-12(17)15-11-7-9(13(18)19)4-5-10(11)14/h4-5,7H,3,6,8H2,1-2H3,(H,15,17)(H,18,19). The molecule has 5 nitrogen and oxygen atoms in total. The van der Waals surface area contributed by atoms with Crippen LogP contribution in [0.1, 0.15) is 23.7 Å². The molecule has 0 aliphatic carbocycles. The second-order valence-corrected chi connectivity index (χ2v) is 4.69. The van der Waals surface area contributed by atoms with E-state index in [2.05, 4.69) is 5.32 Å². The van der Waals surface area contributed by atoms with Crippen LogP contribution < -0.4 is 5.32 Å². The third kappa shape index (κ3) is 4.89. The lowest BCUT2D eigenvalue weighted by Crippen LogP contribution is -2.30. The summed E-state index contributed by atoms with van der Waals surface area (Å²) in [5.74, 6) is -1.28. The van der Waals surface area contributed by atoms with Crippen LogP contribution in [0.2, 0.25) is 5.02 Å². The molecule has 6 heteroatoms. The summed E-state index contributed by atoms with van der Waals surface area (Å²) in [5, 5.41) is 11.8. The number of amides is 1. The number of halogens is 1. The van der Waals surface area contributed by atoms with Crippen LogP contribution in [0.25, 0.3) is 0 Å². The molecule has 0 aliphatic heterocycles. The molecule has 1 aromatic carbocycles. The topological polar surface area (TPSA) is 69.6 Å². The summed E-state index contributed by atoms with van der Waals surface area (Å²) >= 11 is 5.92. The molecule has 0 aliphatic rings. The fourth-order valence-corrected chi connectivity index (χ4v) is 1.81. The molecule has 19 heavy (non-hydrogen) atoms. The van der Waals surface area contributed by atoms with Gasteiger partial charge in [0.1, 0.15) is 0 Å². The summed E-state index contributed by atoms with van der Waals surface area (Å²) in [6, 6.07) is 4.20. The van der Waals surface area contributed by atoms with Crippen molar-refractivity contribution in [3.05, 3.63) is 28.8 Å². The van der Waals surface area contributed by atoms with E-state index in [9.17, 15) is 9.59 Å². The molecule has 0 saturated carbocycles. The van der Waals surface area contributed by atoms with E-state index in [1.807, 2.05) is 18.9 Å². The molecule has 104 valence electrons. The zero-order chi connectivity index (χ0) is 14.4. The van der Waals surface area contributed by atoms with Gasteiger partial charge < -0.3 is 10.4 Å². The number of carbonyl (C=O) groups excluding carboxylic acids is 1. The fourth-order valence-electron chi connectivity index (χ4n) is 1.65. The van der Waals surface area contributed by atoms with Crippen molar-refractivity contribution < 1.29 is 14.7 Å². The van der Waals surface area contributed by atoms with Crippen LogP contribution in [0.4, 0.5) is 5.69 Å². The molecule has 2 N–H and O–H groups in total. The predicted molar refractivity (Wildman–Crippen MR) is 74.8 cm³/mol. The number of aromatic carboxylic acids is 1. The van der Waals surface area contributed by atoms with Crippen molar-refractivity contribution in [2.24, 2.45) is 0 Å². The molecule has 1 amide bonds. The van der Waals surface area contributed by atoms with Crippen LogP contribution in [-0.4, -0.2) is 42.0 Å². The van der Waals surface area contributed by atoms with Crippen molar-refractivity contribution >= 4 is 29.2 Å². The van der Waals surface area contributed by atoms with Crippen LogP contribution in [-0.2, 0) is 4.79 Å². The maximum Gasteiger partial charge on any atom is 0.335 e. The number of hydrogen-bond acceptors (Lipinski definition) is 3. The number of nitrogens with zero attached hydrogens (tertiary/aromatic N) is 1. The van der Waals surface area contributed by atoms with Crippen molar-refractivity contribution in [1.82, 2.24) is 4.90 Å². The van der Waals surface area contributed by atoms with Gasteiger partial charge >= 0.3 is 5.97 Å². The predicted octanol–water partition coefficient (Wildman–Crippen LogP) is 2.32. The normalized spacial score (nSPS) is 10.5. The number of carboxylic acid groups (broad SMARTS) is 1. The van der Waals surface area contributed by atoms with Crippen LogP contribution in [0.15, 0.2) is 18.2 Å². The van der Waals surface area contributed by atoms with Crippen molar-refractivity contribution in [3.8, 4) is 0 Å². The highest BCUT2D eigenvalue weighted by molar-refractivity contribution is 6.33. The highest BCUT2D eigenvalue weighted by atomic mass is 35.5. The second kappa shape index (κ2) is 7.11. The SMILES string of the molecule is CCCN(C)CC(=O)Nc1cc(C(=O)O)ccc1Cl. The monoisotopic (exact) mass is 284 g/mol. The van der Waals surface area contributed by atoms with Gasteiger partial charge in [0.15, 0.2) is 0 Å². The van der Waals surface area contributed by atoms with Gasteiger partial charge in [-0.15, -0.1) is 0 Å². The summed E-state index contributed by atoms with van der Waals surface area (Å²) in [7, 11) is 1.85. The summed E-state index contributed by atoms with van der Waals surface area (Å²) in [5.41, 5.74) is 0.401. The smallest absolute Gasteiger partial charge is 0.335 e. The molecule has 0 fully saturated rings. The maximum absolute atomic E-state index is 11.8. The quantitative estimate of drug-likeness (QED) is 0.841. The van der Waals surface area contributed by atoms with E-state index in [4.69, 9.17) is 16.7 Å². The Bertz CT molecular complexity index is 477. The van der Waals surface area contributed by atoms with Crippen molar-refractivity contribution in [2.45, 2.75) is 13.3 Å². The summed E-state index contributed by atoms with van der Waals surface area (Å²) in [6.07, 6.45) is 0.957. The Labute approximate surface area is 117 Å². The van der Waals surface area contributed by atoms with E-state index in [0.29, 0.717) is 10.7 Å². The summed E-state index contributed by atoms with van der Waals surface area (Å²) in [4.78, 5) is 24.5. The van der Waals surface area contributed by atoms with E-state index in [1.165, 1.54) is 18.2 Å². The minimum Gasteiger partial charge on any atom is -0.478 e. The molecular weight excluding hydrogens is 268 g/mol. The molecule has 0 saturated heterocycles. The fraction of sp³-hybridized carbons (Fsp3) is 0.385. The van der Waals surface area contributed by atoms with Gasteiger partial charge in [-0.05, 0) is 38.2 Å². The Hall–Kier alpha value is -1.59. The minimum atomic E-state index is -1.06. The lowest BCUT2D eigenvalue weighted by molar-refractivity contribution is -0.117. The van der Waals surface area contributed by atoms with Gasteiger partial charge in [0.2, 0.25) is 5.91 Å². The van der Waals surface area contributed by atoms with E-state index in [0.717, 1.165) is 13.0 Å². The first-order chi connectivity index (χ1) is 8.93. The van der Waals surface area contributed by atoms with E-state index >= 15 is 0 Å². The number of rotatable bonds is 6. The Morgan fingerprint density at radius 1 is 1.42 bits per heavy atom. The van der Waals surface area contributed by atoms with Gasteiger partial charge in [0.05, 0.1) is 22.8 Å². The Kier molecular flexibility index (Phi) is 5.79. The molecule has 0 spiro atoms. The van der Waals surface area contributed by atoms with E-state index in [-0.39, 0.29) is 18.0 Å². The zero-order valence-corrected chi connectivity index (χ0v) is 11.7. The average Bonchev–Trinajstić information content (AvgIpc) is 2.31. The number of nitrogens with one attached hydrogen (secondary N) is 1. The molecule has 0 radical (unpaired) electrons. The number of benzene rings is 1. The lowest BCUT2D eigenvalue weighted by atomic mass is 10.2. The van der Waals surface area contributed by atoms with Crippen LogP contribution in [0.5, 0.6) is 0 Å². The lowest BCUT2D eigenvalue weighted by Gasteiger charge is -2.15. The third-order valence-corrected chi connectivity index (χ3v) is 2.84. The first kappa shape index (κ1) is 15.5. The Balaban J connectivity index is 2.73. The molecule has 0 heterocycles. The molecular formula is C13H17ClN2O3. The van der Waals surface area contributed by atoms with Crippen LogP contribution in [0.3, 0.4) is 0 Å². The van der Waals surface area contributed by atoms with E-state index < -0.39 is 5.97 Å². The largest absolute Gasteiger partial charge is 0.478 e. The van der Waals surface area contributed by atoms with Crippen LogP contribution >= 0.6 is 11.6 Å². The average molecular weight is 285 g/mol. The number of hydrogen-bond donors (Lipinski definition) is 2. The van der Waals surface area contributed by atoms with Gasteiger partial charge in [-0.3, -0.25) is 9.69 Å². The molecule has 0 bridgehead atoms. The molecule has 0 unspecified atom stereocenters. The highest BCUT2D eigenvalue weighted by Crippen LogP contribution is 2.23. The second-order valence-electron chi connectivity index (χ2n) is 4.29. The first-order valence-corrected chi connectivity index (χ1v) is 6.33. The van der Waals surface area contributed by atoms with Crippen molar-refractivity contribution in [3.63, 3.8) is 0 Å². The highest BCUT2D eigenvalue weighted by Gasteiger charge is 2.11.